The Bertz CT molecular complexity index is 1090. The van der Waals surface area contributed by atoms with E-state index in [-0.39, 0.29) is 11.9 Å². The lowest BCUT2D eigenvalue weighted by Gasteiger charge is -2.14. The van der Waals surface area contributed by atoms with Gasteiger partial charge in [-0.1, -0.05) is 22.0 Å². The number of tetrazole rings is 1. The molecule has 1 unspecified atom stereocenters. The molecule has 0 spiro atoms. The molecular formula is C20H17BrN6O. The maximum absolute atomic E-state index is 12.6. The van der Waals surface area contributed by atoms with Gasteiger partial charge in [0.2, 0.25) is 0 Å². The van der Waals surface area contributed by atoms with Crippen molar-refractivity contribution in [1.29, 1.82) is 0 Å². The van der Waals surface area contributed by atoms with E-state index < -0.39 is 0 Å². The molecule has 1 N–H and O–H groups in total. The first-order chi connectivity index (χ1) is 13.6. The van der Waals surface area contributed by atoms with Crippen LogP contribution >= 0.6 is 15.9 Å². The smallest absolute Gasteiger partial charge is 0.251 e. The number of nitrogens with zero attached hydrogens (tertiary/aromatic N) is 5. The molecule has 0 aliphatic rings. The van der Waals surface area contributed by atoms with Crippen molar-refractivity contribution < 1.29 is 4.79 Å². The van der Waals surface area contributed by atoms with Gasteiger partial charge in [0, 0.05) is 28.1 Å². The Hall–Kier alpha value is -3.26. The van der Waals surface area contributed by atoms with Crippen molar-refractivity contribution in [3.63, 3.8) is 0 Å². The van der Waals surface area contributed by atoms with E-state index in [0.717, 1.165) is 15.8 Å². The largest absolute Gasteiger partial charge is 0.342 e. The van der Waals surface area contributed by atoms with Gasteiger partial charge in [-0.3, -0.25) is 4.79 Å². The number of amides is 1. The van der Waals surface area contributed by atoms with Crippen molar-refractivity contribution in [1.82, 2.24) is 30.1 Å². The van der Waals surface area contributed by atoms with Crippen LogP contribution in [0.4, 0.5) is 0 Å². The lowest BCUT2D eigenvalue weighted by molar-refractivity contribution is 0.0938. The summed E-state index contributed by atoms with van der Waals surface area (Å²) in [6.45, 7) is 1.85. The number of carbonyl (C=O) groups excluding carboxylic acids is 1. The zero-order valence-corrected chi connectivity index (χ0v) is 16.6. The van der Waals surface area contributed by atoms with Gasteiger partial charge in [0.1, 0.15) is 0 Å². The molecule has 2 aromatic carbocycles. The second-order valence-electron chi connectivity index (χ2n) is 6.26. The Morgan fingerprint density at radius 1 is 1.04 bits per heavy atom. The van der Waals surface area contributed by atoms with Gasteiger partial charge in [-0.05, 0) is 71.9 Å². The fraction of sp³-hybridized carbons (Fsp3) is 0.100. The van der Waals surface area contributed by atoms with Crippen molar-refractivity contribution in [2.75, 3.05) is 0 Å². The molecular weight excluding hydrogens is 420 g/mol. The molecule has 8 heteroatoms. The summed E-state index contributed by atoms with van der Waals surface area (Å²) in [5, 5.41) is 14.9. The number of nitrogens with one attached hydrogen (secondary N) is 1. The molecule has 1 amide bonds. The minimum atomic E-state index is -0.370. The molecule has 2 aromatic heterocycles. The Kier molecular flexibility index (Phi) is 5.03. The molecule has 140 valence electrons. The minimum Gasteiger partial charge on any atom is -0.342 e. The monoisotopic (exact) mass is 436 g/mol. The summed E-state index contributed by atoms with van der Waals surface area (Å²) < 4.78 is 4.52. The van der Waals surface area contributed by atoms with Gasteiger partial charge < -0.3 is 9.88 Å². The zero-order chi connectivity index (χ0) is 19.5. The summed E-state index contributed by atoms with van der Waals surface area (Å²) in [5.41, 5.74) is 2.38. The molecule has 0 aliphatic heterocycles. The van der Waals surface area contributed by atoms with Crippen LogP contribution in [0.15, 0.2) is 77.5 Å². The molecule has 0 saturated carbocycles. The molecule has 0 radical (unpaired) electrons. The molecule has 0 aliphatic carbocycles. The lowest BCUT2D eigenvalue weighted by atomic mass is 10.1. The van der Waals surface area contributed by atoms with Crippen molar-refractivity contribution in [2.24, 2.45) is 0 Å². The molecule has 0 fully saturated rings. The van der Waals surface area contributed by atoms with Crippen molar-refractivity contribution in [3.8, 4) is 11.4 Å². The molecule has 0 bridgehead atoms. The van der Waals surface area contributed by atoms with Crippen LogP contribution in [0.3, 0.4) is 0 Å². The summed E-state index contributed by atoms with van der Waals surface area (Å²) >= 11 is 3.45. The highest BCUT2D eigenvalue weighted by Crippen LogP contribution is 2.18. The number of benzene rings is 2. The third-order valence-corrected chi connectivity index (χ3v) is 4.81. The molecule has 28 heavy (non-hydrogen) atoms. The maximum atomic E-state index is 12.6. The van der Waals surface area contributed by atoms with E-state index >= 15 is 0 Å². The van der Waals surface area contributed by atoms with Gasteiger partial charge in [-0.2, -0.15) is 4.68 Å². The highest BCUT2D eigenvalue weighted by Gasteiger charge is 2.19. The fourth-order valence-electron chi connectivity index (χ4n) is 2.89. The van der Waals surface area contributed by atoms with Crippen LogP contribution in [0, 0.1) is 0 Å². The van der Waals surface area contributed by atoms with Gasteiger partial charge in [-0.25, -0.2) is 0 Å². The van der Waals surface area contributed by atoms with E-state index in [1.54, 1.807) is 16.8 Å². The molecule has 1 atom stereocenters. The molecule has 2 heterocycles. The second kappa shape index (κ2) is 7.77. The predicted molar refractivity (Wildman–Crippen MR) is 109 cm³/mol. The fourth-order valence-corrected chi connectivity index (χ4v) is 3.28. The standard InChI is InChI=1S/C20H17BrN6O/c1-14(19-23-24-25-27(19)18-6-4-5-16(21)13-18)22-20(28)15-7-9-17(10-8-15)26-11-2-3-12-26/h2-14H,1H3,(H,22,28). The van der Waals surface area contributed by atoms with E-state index in [2.05, 4.69) is 36.8 Å². The normalized spacial score (nSPS) is 11.9. The summed E-state index contributed by atoms with van der Waals surface area (Å²) in [6, 6.07) is 18.6. The average molecular weight is 437 g/mol. The lowest BCUT2D eigenvalue weighted by Crippen LogP contribution is -2.28. The first kappa shape index (κ1) is 18.1. The topological polar surface area (TPSA) is 77.6 Å². The van der Waals surface area contributed by atoms with Gasteiger partial charge in [0.15, 0.2) is 5.82 Å². The minimum absolute atomic E-state index is 0.185. The van der Waals surface area contributed by atoms with Crippen LogP contribution in [0.2, 0.25) is 0 Å². The van der Waals surface area contributed by atoms with Gasteiger partial charge >= 0.3 is 0 Å². The Morgan fingerprint density at radius 2 is 1.79 bits per heavy atom. The molecule has 7 nitrogen and oxygen atoms in total. The Morgan fingerprint density at radius 3 is 2.50 bits per heavy atom. The van der Waals surface area contributed by atoms with E-state index in [4.69, 9.17) is 0 Å². The number of hydrogen-bond acceptors (Lipinski definition) is 4. The summed E-state index contributed by atoms with van der Waals surface area (Å²) in [4.78, 5) is 12.6. The Balaban J connectivity index is 1.50. The summed E-state index contributed by atoms with van der Waals surface area (Å²) in [6.07, 6.45) is 3.91. The molecule has 0 saturated heterocycles. The summed E-state index contributed by atoms with van der Waals surface area (Å²) in [7, 11) is 0. The van der Waals surface area contributed by atoms with Gasteiger partial charge in [0.05, 0.1) is 11.7 Å². The quantitative estimate of drug-likeness (QED) is 0.517. The average Bonchev–Trinajstić information content (AvgIpc) is 3.40. The van der Waals surface area contributed by atoms with Crippen molar-refractivity contribution in [2.45, 2.75) is 13.0 Å². The zero-order valence-electron chi connectivity index (χ0n) is 15.0. The predicted octanol–water partition coefficient (Wildman–Crippen LogP) is 3.71. The number of aromatic nitrogens is 5. The van der Waals surface area contributed by atoms with Crippen molar-refractivity contribution >= 4 is 21.8 Å². The third kappa shape index (κ3) is 3.72. The number of rotatable bonds is 5. The van der Waals surface area contributed by atoms with Crippen LogP contribution in [-0.4, -0.2) is 30.7 Å². The highest BCUT2D eigenvalue weighted by molar-refractivity contribution is 9.10. The maximum Gasteiger partial charge on any atom is 0.251 e. The van der Waals surface area contributed by atoms with Crippen LogP contribution in [0.5, 0.6) is 0 Å². The molecule has 4 aromatic rings. The number of carbonyl (C=O) groups is 1. The van der Waals surface area contributed by atoms with Crippen LogP contribution in [0.1, 0.15) is 29.1 Å². The van der Waals surface area contributed by atoms with E-state index in [0.29, 0.717) is 11.4 Å². The SMILES string of the molecule is CC(NC(=O)c1ccc(-n2cccc2)cc1)c1nnnn1-c1cccc(Br)c1. The van der Waals surface area contributed by atoms with Crippen LogP contribution in [-0.2, 0) is 0 Å². The van der Waals surface area contributed by atoms with E-state index in [1.807, 2.05) is 72.4 Å². The van der Waals surface area contributed by atoms with Crippen molar-refractivity contribution in [3.05, 3.63) is 88.9 Å². The van der Waals surface area contributed by atoms with E-state index in [1.165, 1.54) is 0 Å². The van der Waals surface area contributed by atoms with Gasteiger partial charge in [-0.15, -0.1) is 5.10 Å². The number of halogens is 1. The Labute approximate surface area is 170 Å². The second-order valence-corrected chi connectivity index (χ2v) is 7.18. The van der Waals surface area contributed by atoms with Crippen LogP contribution in [0.25, 0.3) is 11.4 Å². The first-order valence-corrected chi connectivity index (χ1v) is 9.49. The van der Waals surface area contributed by atoms with Crippen LogP contribution < -0.4 is 5.32 Å². The highest BCUT2D eigenvalue weighted by atomic mass is 79.9. The third-order valence-electron chi connectivity index (χ3n) is 4.31. The first-order valence-electron chi connectivity index (χ1n) is 8.70. The molecule has 4 rings (SSSR count). The van der Waals surface area contributed by atoms with Gasteiger partial charge in [0.25, 0.3) is 5.91 Å². The van der Waals surface area contributed by atoms with E-state index in [9.17, 15) is 4.79 Å². The number of hydrogen-bond donors (Lipinski definition) is 1. The summed E-state index contributed by atoms with van der Waals surface area (Å²) in [5.74, 6) is 0.366.